The van der Waals surface area contributed by atoms with Gasteiger partial charge in [0.2, 0.25) is 0 Å². The standard InChI is InChI=1S/C24H20N4/c1-15-8-11-18(12-9-15)23-27-22-24(26-21-7-5-4-6-20(21)25-22)28(23)19-13-10-16(2)17(3)14-19/h4-14H,1-3H3. The van der Waals surface area contributed by atoms with Gasteiger partial charge in [0.05, 0.1) is 11.0 Å². The maximum absolute atomic E-state index is 4.91. The summed E-state index contributed by atoms with van der Waals surface area (Å²) in [4.78, 5) is 14.6. The predicted octanol–water partition coefficient (Wildman–Crippen LogP) is 5.56. The number of para-hydroxylation sites is 2. The fourth-order valence-corrected chi connectivity index (χ4v) is 3.46. The molecule has 0 spiro atoms. The first-order valence-corrected chi connectivity index (χ1v) is 9.40. The summed E-state index contributed by atoms with van der Waals surface area (Å²) in [6.07, 6.45) is 0. The summed E-state index contributed by atoms with van der Waals surface area (Å²) in [5.41, 5.74) is 8.98. The maximum Gasteiger partial charge on any atom is 0.199 e. The van der Waals surface area contributed by atoms with E-state index in [4.69, 9.17) is 15.0 Å². The molecule has 0 radical (unpaired) electrons. The van der Waals surface area contributed by atoms with Gasteiger partial charge in [-0.05, 0) is 56.2 Å². The molecule has 0 saturated heterocycles. The number of imidazole rings is 1. The maximum atomic E-state index is 4.91. The summed E-state index contributed by atoms with van der Waals surface area (Å²) in [5.74, 6) is 0.855. The van der Waals surface area contributed by atoms with E-state index >= 15 is 0 Å². The summed E-state index contributed by atoms with van der Waals surface area (Å²) in [7, 11) is 0. The summed E-state index contributed by atoms with van der Waals surface area (Å²) in [6, 6.07) is 22.8. The molecule has 5 rings (SSSR count). The zero-order chi connectivity index (χ0) is 19.3. The second-order valence-electron chi connectivity index (χ2n) is 7.26. The molecule has 0 N–H and O–H groups in total. The lowest BCUT2D eigenvalue weighted by Gasteiger charge is -2.11. The molecule has 0 aliphatic carbocycles. The van der Waals surface area contributed by atoms with Crippen LogP contribution in [0.3, 0.4) is 0 Å². The average Bonchev–Trinajstić information content (AvgIpc) is 3.07. The molecular formula is C24H20N4. The van der Waals surface area contributed by atoms with Crippen LogP contribution in [0.25, 0.3) is 39.4 Å². The molecule has 0 bridgehead atoms. The summed E-state index contributed by atoms with van der Waals surface area (Å²) >= 11 is 0. The topological polar surface area (TPSA) is 43.6 Å². The summed E-state index contributed by atoms with van der Waals surface area (Å²) < 4.78 is 2.12. The molecule has 2 aromatic heterocycles. The number of aromatic nitrogens is 4. The first-order valence-electron chi connectivity index (χ1n) is 9.40. The number of rotatable bonds is 2. The van der Waals surface area contributed by atoms with E-state index in [0.717, 1.165) is 33.8 Å². The van der Waals surface area contributed by atoms with Gasteiger partial charge in [-0.3, -0.25) is 4.57 Å². The van der Waals surface area contributed by atoms with Gasteiger partial charge in [-0.25, -0.2) is 15.0 Å². The van der Waals surface area contributed by atoms with Gasteiger partial charge in [-0.1, -0.05) is 48.0 Å². The first kappa shape index (κ1) is 16.6. The van der Waals surface area contributed by atoms with E-state index in [1.54, 1.807) is 0 Å². The molecule has 2 heterocycles. The number of aryl methyl sites for hydroxylation is 3. The van der Waals surface area contributed by atoms with Gasteiger partial charge in [0.1, 0.15) is 5.82 Å². The minimum atomic E-state index is 0.660. The highest BCUT2D eigenvalue weighted by molar-refractivity contribution is 5.86. The Balaban J connectivity index is 1.87. The van der Waals surface area contributed by atoms with Crippen LogP contribution in [0.5, 0.6) is 0 Å². The molecule has 0 aliphatic heterocycles. The van der Waals surface area contributed by atoms with E-state index in [9.17, 15) is 0 Å². The van der Waals surface area contributed by atoms with Gasteiger partial charge >= 0.3 is 0 Å². The van der Waals surface area contributed by atoms with Gasteiger partial charge in [0.15, 0.2) is 11.3 Å². The fourth-order valence-electron chi connectivity index (χ4n) is 3.46. The Labute approximate surface area is 163 Å². The first-order chi connectivity index (χ1) is 13.6. The highest BCUT2D eigenvalue weighted by atomic mass is 15.2. The molecule has 0 aliphatic rings. The van der Waals surface area contributed by atoms with Gasteiger partial charge < -0.3 is 0 Å². The third-order valence-electron chi connectivity index (χ3n) is 5.23. The lowest BCUT2D eigenvalue weighted by molar-refractivity contribution is 1.07. The highest BCUT2D eigenvalue weighted by Crippen LogP contribution is 2.29. The number of hydrogen-bond donors (Lipinski definition) is 0. The Morgan fingerprint density at radius 2 is 1.39 bits per heavy atom. The van der Waals surface area contributed by atoms with Crippen molar-refractivity contribution in [3.63, 3.8) is 0 Å². The smallest absolute Gasteiger partial charge is 0.199 e. The SMILES string of the molecule is Cc1ccc(-c2nc3nc4ccccc4nc3n2-c2ccc(C)c(C)c2)cc1. The fraction of sp³-hybridized carbons (Fsp3) is 0.125. The van der Waals surface area contributed by atoms with Crippen molar-refractivity contribution in [1.82, 2.24) is 19.5 Å². The predicted molar refractivity (Wildman–Crippen MR) is 114 cm³/mol. The minimum Gasteiger partial charge on any atom is -0.275 e. The molecular weight excluding hydrogens is 344 g/mol. The third-order valence-corrected chi connectivity index (χ3v) is 5.23. The van der Waals surface area contributed by atoms with Crippen molar-refractivity contribution in [1.29, 1.82) is 0 Å². The molecule has 3 aromatic carbocycles. The third kappa shape index (κ3) is 2.65. The second-order valence-corrected chi connectivity index (χ2v) is 7.26. The molecule has 5 aromatic rings. The summed E-state index contributed by atoms with van der Waals surface area (Å²) in [6.45, 7) is 6.34. The Morgan fingerprint density at radius 3 is 2.11 bits per heavy atom. The molecule has 0 amide bonds. The van der Waals surface area contributed by atoms with Crippen molar-refractivity contribution < 1.29 is 0 Å². The van der Waals surface area contributed by atoms with Crippen molar-refractivity contribution in [2.75, 3.05) is 0 Å². The Kier molecular flexibility index (Phi) is 3.72. The van der Waals surface area contributed by atoms with Gasteiger partial charge in [0.25, 0.3) is 0 Å². The normalized spacial score (nSPS) is 11.4. The lowest BCUT2D eigenvalue weighted by atomic mass is 10.1. The zero-order valence-corrected chi connectivity index (χ0v) is 16.1. The van der Waals surface area contributed by atoms with Crippen LogP contribution in [0, 0.1) is 20.8 Å². The molecule has 4 heteroatoms. The Bertz CT molecular complexity index is 1330. The quantitative estimate of drug-likeness (QED) is 0.412. The number of fused-ring (bicyclic) bond motifs is 2. The van der Waals surface area contributed by atoms with Gasteiger partial charge in [-0.2, -0.15) is 0 Å². The largest absolute Gasteiger partial charge is 0.275 e. The van der Waals surface area contributed by atoms with Crippen molar-refractivity contribution in [3.05, 3.63) is 83.4 Å². The van der Waals surface area contributed by atoms with E-state index in [1.807, 2.05) is 24.3 Å². The molecule has 28 heavy (non-hydrogen) atoms. The van der Waals surface area contributed by atoms with Crippen molar-refractivity contribution in [3.8, 4) is 17.1 Å². The Hall–Kier alpha value is -3.53. The van der Waals surface area contributed by atoms with Crippen LogP contribution < -0.4 is 0 Å². The average molecular weight is 364 g/mol. The molecule has 0 unspecified atom stereocenters. The van der Waals surface area contributed by atoms with Gasteiger partial charge in [-0.15, -0.1) is 0 Å². The van der Waals surface area contributed by atoms with Gasteiger partial charge in [0, 0.05) is 11.3 Å². The van der Waals surface area contributed by atoms with Crippen LogP contribution in [-0.4, -0.2) is 19.5 Å². The number of nitrogens with zero attached hydrogens (tertiary/aromatic N) is 4. The molecule has 136 valence electrons. The number of benzene rings is 3. The van der Waals surface area contributed by atoms with E-state index in [2.05, 4.69) is 67.8 Å². The zero-order valence-electron chi connectivity index (χ0n) is 16.1. The van der Waals surface area contributed by atoms with Crippen LogP contribution in [0.4, 0.5) is 0 Å². The molecule has 4 nitrogen and oxygen atoms in total. The molecule has 0 fully saturated rings. The summed E-state index contributed by atoms with van der Waals surface area (Å²) in [5, 5.41) is 0. The van der Waals surface area contributed by atoms with E-state index in [-0.39, 0.29) is 0 Å². The molecule has 0 atom stereocenters. The van der Waals surface area contributed by atoms with Crippen LogP contribution in [-0.2, 0) is 0 Å². The second kappa shape index (κ2) is 6.27. The van der Waals surface area contributed by atoms with Crippen LogP contribution in [0.15, 0.2) is 66.7 Å². The monoisotopic (exact) mass is 364 g/mol. The lowest BCUT2D eigenvalue weighted by Crippen LogP contribution is -2.00. The number of hydrogen-bond acceptors (Lipinski definition) is 3. The van der Waals surface area contributed by atoms with E-state index < -0.39 is 0 Å². The Morgan fingerprint density at radius 1 is 0.679 bits per heavy atom. The van der Waals surface area contributed by atoms with Crippen molar-refractivity contribution in [2.24, 2.45) is 0 Å². The van der Waals surface area contributed by atoms with E-state index in [0.29, 0.717) is 5.65 Å². The minimum absolute atomic E-state index is 0.660. The molecule has 0 saturated carbocycles. The van der Waals surface area contributed by atoms with Crippen LogP contribution >= 0.6 is 0 Å². The highest BCUT2D eigenvalue weighted by Gasteiger charge is 2.17. The van der Waals surface area contributed by atoms with E-state index in [1.165, 1.54) is 16.7 Å². The van der Waals surface area contributed by atoms with Crippen LogP contribution in [0.2, 0.25) is 0 Å². The van der Waals surface area contributed by atoms with Crippen molar-refractivity contribution in [2.45, 2.75) is 20.8 Å². The van der Waals surface area contributed by atoms with Crippen molar-refractivity contribution >= 4 is 22.3 Å². The van der Waals surface area contributed by atoms with Crippen LogP contribution in [0.1, 0.15) is 16.7 Å².